The van der Waals surface area contributed by atoms with Crippen LogP contribution in [0.3, 0.4) is 0 Å². The predicted molar refractivity (Wildman–Crippen MR) is 151 cm³/mol. The fourth-order valence-electron chi connectivity index (χ4n) is 5.22. The summed E-state index contributed by atoms with van der Waals surface area (Å²) >= 11 is 0. The van der Waals surface area contributed by atoms with E-state index in [9.17, 15) is 13.2 Å². The summed E-state index contributed by atoms with van der Waals surface area (Å²) in [6.07, 6.45) is 7.05. The number of nitrogens with zero attached hydrogens (tertiary/aromatic N) is 2. The summed E-state index contributed by atoms with van der Waals surface area (Å²) in [5.41, 5.74) is 5.52. The minimum absolute atomic E-state index is 0.0365. The molecule has 0 saturated carbocycles. The molecule has 0 atom stereocenters. The third kappa shape index (κ3) is 4.51. The Hall–Kier alpha value is -3.64. The standard InChI is InChI=1S/C31H32N2O3S/c1-4-5-6-7-11-28-27-10-8-9-12-30(27)33(23(3)34)31(28)25-15-18-29-24(21-25)19-20-32(29)37(35,36)26-16-13-22(2)14-17-26/h8-10,12-21H,4-7,11H2,1-3H3. The van der Waals surface area contributed by atoms with Crippen LogP contribution in [0.2, 0.25) is 0 Å². The molecule has 0 saturated heterocycles. The Morgan fingerprint density at radius 1 is 0.865 bits per heavy atom. The van der Waals surface area contributed by atoms with Gasteiger partial charge in [-0.15, -0.1) is 0 Å². The van der Waals surface area contributed by atoms with E-state index in [2.05, 4.69) is 13.0 Å². The summed E-state index contributed by atoms with van der Waals surface area (Å²) in [5, 5.41) is 1.91. The number of carbonyl (C=O) groups excluding carboxylic acids is 1. The van der Waals surface area contributed by atoms with E-state index < -0.39 is 10.0 Å². The van der Waals surface area contributed by atoms with E-state index >= 15 is 0 Å². The third-order valence-electron chi connectivity index (χ3n) is 7.08. The number of aromatic nitrogens is 2. The molecule has 0 radical (unpaired) electrons. The van der Waals surface area contributed by atoms with Gasteiger partial charge in [-0.1, -0.05) is 68.1 Å². The first kappa shape index (κ1) is 25.0. The van der Waals surface area contributed by atoms with E-state index in [1.54, 1.807) is 37.4 Å². The molecule has 0 aliphatic heterocycles. The zero-order valence-corrected chi connectivity index (χ0v) is 22.4. The molecule has 190 valence electrons. The molecule has 0 amide bonds. The average molecular weight is 513 g/mol. The molecule has 3 aromatic carbocycles. The summed E-state index contributed by atoms with van der Waals surface area (Å²) in [6, 6.07) is 22.6. The Kier molecular flexibility index (Phi) is 6.78. The Labute approximate surface area is 218 Å². The van der Waals surface area contributed by atoms with E-state index in [1.807, 2.05) is 54.0 Å². The smallest absolute Gasteiger partial charge is 0.268 e. The van der Waals surface area contributed by atoms with Crippen LogP contribution in [0.25, 0.3) is 33.1 Å². The van der Waals surface area contributed by atoms with Gasteiger partial charge in [-0.3, -0.25) is 9.36 Å². The van der Waals surface area contributed by atoms with E-state index in [-0.39, 0.29) is 10.8 Å². The minimum atomic E-state index is -3.73. The lowest BCUT2D eigenvalue weighted by atomic mass is 9.99. The van der Waals surface area contributed by atoms with Crippen molar-refractivity contribution in [3.8, 4) is 11.3 Å². The van der Waals surface area contributed by atoms with Crippen LogP contribution >= 0.6 is 0 Å². The van der Waals surface area contributed by atoms with Gasteiger partial charge in [0.2, 0.25) is 5.91 Å². The molecule has 0 unspecified atom stereocenters. The van der Waals surface area contributed by atoms with Gasteiger partial charge >= 0.3 is 0 Å². The number of hydrogen-bond donors (Lipinski definition) is 0. The van der Waals surface area contributed by atoms with Crippen LogP contribution in [0.4, 0.5) is 0 Å². The number of carbonyl (C=O) groups is 1. The quantitative estimate of drug-likeness (QED) is 0.201. The Balaban J connectivity index is 1.65. The minimum Gasteiger partial charge on any atom is -0.280 e. The second-order valence-electron chi connectivity index (χ2n) is 9.71. The van der Waals surface area contributed by atoms with Gasteiger partial charge in [0.1, 0.15) is 0 Å². The molecule has 2 heterocycles. The summed E-state index contributed by atoms with van der Waals surface area (Å²) in [6.45, 7) is 5.73. The first-order chi connectivity index (χ1) is 17.8. The number of benzene rings is 3. The second kappa shape index (κ2) is 10.0. The van der Waals surface area contributed by atoms with Gasteiger partial charge in [0.25, 0.3) is 10.0 Å². The average Bonchev–Trinajstić information content (AvgIpc) is 3.46. The van der Waals surface area contributed by atoms with Crippen molar-refractivity contribution in [2.75, 3.05) is 0 Å². The summed E-state index contributed by atoms with van der Waals surface area (Å²) in [5.74, 6) is -0.0365. The molecule has 0 aliphatic carbocycles. The lowest BCUT2D eigenvalue weighted by Crippen LogP contribution is -2.11. The van der Waals surface area contributed by atoms with Gasteiger partial charge in [-0.2, -0.15) is 0 Å². The maximum atomic E-state index is 13.4. The molecule has 37 heavy (non-hydrogen) atoms. The highest BCUT2D eigenvalue weighted by Crippen LogP contribution is 2.37. The van der Waals surface area contributed by atoms with Gasteiger partial charge < -0.3 is 0 Å². The number of rotatable bonds is 8. The zero-order valence-electron chi connectivity index (χ0n) is 21.6. The van der Waals surface area contributed by atoms with Crippen molar-refractivity contribution >= 4 is 37.7 Å². The van der Waals surface area contributed by atoms with Crippen LogP contribution in [-0.2, 0) is 16.4 Å². The van der Waals surface area contributed by atoms with Gasteiger partial charge in [0.05, 0.1) is 21.6 Å². The van der Waals surface area contributed by atoms with Gasteiger partial charge in [-0.05, 0) is 67.3 Å². The van der Waals surface area contributed by atoms with Gasteiger partial charge in [-0.25, -0.2) is 12.4 Å². The molecule has 0 bridgehead atoms. The van der Waals surface area contributed by atoms with Crippen molar-refractivity contribution in [1.29, 1.82) is 0 Å². The highest BCUT2D eigenvalue weighted by molar-refractivity contribution is 7.90. The molecule has 0 aliphatic rings. The largest absolute Gasteiger partial charge is 0.280 e. The van der Waals surface area contributed by atoms with E-state index in [4.69, 9.17) is 0 Å². The van der Waals surface area contributed by atoms with Crippen molar-refractivity contribution in [1.82, 2.24) is 8.54 Å². The monoisotopic (exact) mass is 512 g/mol. The number of hydrogen-bond acceptors (Lipinski definition) is 3. The molecule has 2 aromatic heterocycles. The number of para-hydroxylation sites is 1. The maximum absolute atomic E-state index is 13.4. The van der Waals surface area contributed by atoms with Crippen molar-refractivity contribution in [3.05, 3.63) is 90.1 Å². The van der Waals surface area contributed by atoms with Crippen LogP contribution < -0.4 is 0 Å². The topological polar surface area (TPSA) is 61.1 Å². The van der Waals surface area contributed by atoms with Crippen LogP contribution in [0.5, 0.6) is 0 Å². The molecule has 0 spiro atoms. The number of fused-ring (bicyclic) bond motifs is 2. The van der Waals surface area contributed by atoms with Gasteiger partial charge in [0.15, 0.2) is 0 Å². The molecular formula is C31H32N2O3S. The molecule has 5 aromatic rings. The van der Waals surface area contributed by atoms with Gasteiger partial charge in [0, 0.05) is 23.9 Å². The molecule has 0 N–H and O–H groups in total. The van der Waals surface area contributed by atoms with Crippen LogP contribution in [-0.4, -0.2) is 22.9 Å². The highest BCUT2D eigenvalue weighted by atomic mass is 32.2. The van der Waals surface area contributed by atoms with Crippen molar-refractivity contribution in [2.45, 2.75) is 57.8 Å². The van der Waals surface area contributed by atoms with Crippen LogP contribution in [0.1, 0.15) is 55.5 Å². The van der Waals surface area contributed by atoms with Crippen LogP contribution in [0.15, 0.2) is 83.9 Å². The summed E-state index contributed by atoms with van der Waals surface area (Å²) in [4.78, 5) is 13.2. The SMILES string of the molecule is CCCCCCc1c(-c2ccc3c(ccn3S(=O)(=O)c3ccc(C)cc3)c2)n(C(C)=O)c2ccccc12. The second-order valence-corrected chi connectivity index (χ2v) is 11.5. The molecular weight excluding hydrogens is 480 g/mol. The highest BCUT2D eigenvalue weighted by Gasteiger charge is 2.23. The maximum Gasteiger partial charge on any atom is 0.268 e. The van der Waals surface area contributed by atoms with Crippen molar-refractivity contribution in [2.24, 2.45) is 0 Å². The third-order valence-corrected chi connectivity index (χ3v) is 8.78. The lowest BCUT2D eigenvalue weighted by molar-refractivity contribution is 0.0943. The number of aryl methyl sites for hydroxylation is 2. The molecule has 6 heteroatoms. The fourth-order valence-corrected chi connectivity index (χ4v) is 6.57. The Morgan fingerprint density at radius 2 is 1.62 bits per heavy atom. The first-order valence-electron chi connectivity index (χ1n) is 12.9. The molecule has 5 nitrogen and oxygen atoms in total. The zero-order chi connectivity index (χ0) is 26.2. The first-order valence-corrected chi connectivity index (χ1v) is 14.3. The Bertz CT molecular complexity index is 1710. The van der Waals surface area contributed by atoms with Crippen molar-refractivity contribution < 1.29 is 13.2 Å². The summed E-state index contributed by atoms with van der Waals surface area (Å²) < 4.78 is 29.9. The van der Waals surface area contributed by atoms with Crippen molar-refractivity contribution in [3.63, 3.8) is 0 Å². The van der Waals surface area contributed by atoms with E-state index in [0.29, 0.717) is 5.52 Å². The summed E-state index contributed by atoms with van der Waals surface area (Å²) in [7, 11) is -3.73. The molecule has 0 fully saturated rings. The number of unbranched alkanes of at least 4 members (excludes halogenated alkanes) is 3. The Morgan fingerprint density at radius 3 is 2.35 bits per heavy atom. The van der Waals surface area contributed by atoms with E-state index in [0.717, 1.165) is 52.4 Å². The fraction of sp³-hybridized carbons (Fsp3) is 0.258. The normalized spacial score (nSPS) is 12.0. The van der Waals surface area contributed by atoms with E-state index in [1.165, 1.54) is 22.4 Å². The lowest BCUT2D eigenvalue weighted by Gasteiger charge is -2.12. The molecule has 5 rings (SSSR count). The predicted octanol–water partition coefficient (Wildman–Crippen LogP) is 7.59. The van der Waals surface area contributed by atoms with Crippen LogP contribution in [0, 0.1) is 6.92 Å².